The maximum Gasteiger partial charge on any atom is 0.146 e. The van der Waals surface area contributed by atoms with Crippen LogP contribution in [0.2, 0.25) is 5.02 Å². The minimum absolute atomic E-state index is 0.424. The monoisotopic (exact) mass is 293 g/mol. The smallest absolute Gasteiger partial charge is 0.146 e. The van der Waals surface area contributed by atoms with Crippen molar-refractivity contribution in [2.45, 2.75) is 33.9 Å². The molecule has 0 aliphatic carbocycles. The molecule has 0 fully saturated rings. The molecule has 0 aliphatic rings. The fourth-order valence-corrected chi connectivity index (χ4v) is 2.59. The van der Waals surface area contributed by atoms with Crippen molar-refractivity contribution >= 4 is 11.6 Å². The molecule has 1 aromatic heterocycles. The van der Waals surface area contributed by atoms with Crippen LogP contribution in [0.3, 0.4) is 0 Å². The van der Waals surface area contributed by atoms with Gasteiger partial charge in [-0.25, -0.2) is 0 Å². The van der Waals surface area contributed by atoms with E-state index in [9.17, 15) is 0 Å². The largest absolute Gasteiger partial charge is 0.485 e. The van der Waals surface area contributed by atoms with Gasteiger partial charge in [-0.1, -0.05) is 11.6 Å². The van der Waals surface area contributed by atoms with Crippen molar-refractivity contribution in [3.8, 4) is 5.75 Å². The predicted octanol–water partition coefficient (Wildman–Crippen LogP) is 4.16. The molecule has 0 bridgehead atoms. The predicted molar refractivity (Wildman–Crippen MR) is 81.5 cm³/mol. The standard InChI is InChI=1S/C16H20ClNO2/c1-10-7-14(20-15(10)8-18-4)9-19-16-11(2)5-13(17)6-12(16)3/h5-7,18H,8-9H2,1-4H3. The summed E-state index contributed by atoms with van der Waals surface area (Å²) < 4.78 is 11.6. The molecule has 1 N–H and O–H groups in total. The summed E-state index contributed by atoms with van der Waals surface area (Å²) in [7, 11) is 1.90. The van der Waals surface area contributed by atoms with Crippen LogP contribution in [0.15, 0.2) is 22.6 Å². The number of rotatable bonds is 5. The summed E-state index contributed by atoms with van der Waals surface area (Å²) in [5, 5.41) is 3.82. The Morgan fingerprint density at radius 3 is 2.35 bits per heavy atom. The van der Waals surface area contributed by atoms with Gasteiger partial charge >= 0.3 is 0 Å². The van der Waals surface area contributed by atoms with Gasteiger partial charge in [0.25, 0.3) is 0 Å². The zero-order chi connectivity index (χ0) is 14.7. The highest BCUT2D eigenvalue weighted by atomic mass is 35.5. The lowest BCUT2D eigenvalue weighted by Crippen LogP contribution is -2.04. The van der Waals surface area contributed by atoms with Gasteiger partial charge in [0.1, 0.15) is 23.9 Å². The van der Waals surface area contributed by atoms with E-state index >= 15 is 0 Å². The third-order valence-electron chi connectivity index (χ3n) is 3.19. The Morgan fingerprint density at radius 2 is 1.75 bits per heavy atom. The van der Waals surface area contributed by atoms with Crippen LogP contribution in [0.5, 0.6) is 5.75 Å². The van der Waals surface area contributed by atoms with Crippen LogP contribution in [-0.4, -0.2) is 7.05 Å². The Balaban J connectivity index is 2.11. The molecular weight excluding hydrogens is 274 g/mol. The van der Waals surface area contributed by atoms with E-state index in [4.69, 9.17) is 20.8 Å². The van der Waals surface area contributed by atoms with E-state index in [0.717, 1.165) is 45.5 Å². The minimum Gasteiger partial charge on any atom is -0.485 e. The molecule has 0 unspecified atom stereocenters. The molecule has 3 nitrogen and oxygen atoms in total. The summed E-state index contributed by atoms with van der Waals surface area (Å²) in [5.41, 5.74) is 3.21. The fourth-order valence-electron chi connectivity index (χ4n) is 2.27. The molecule has 2 rings (SSSR count). The Labute approximate surface area is 124 Å². The zero-order valence-corrected chi connectivity index (χ0v) is 13.1. The quantitative estimate of drug-likeness (QED) is 0.899. The Kier molecular flexibility index (Phi) is 4.73. The van der Waals surface area contributed by atoms with Crippen LogP contribution >= 0.6 is 11.6 Å². The van der Waals surface area contributed by atoms with Gasteiger partial charge in [-0.2, -0.15) is 0 Å². The Morgan fingerprint density at radius 1 is 1.10 bits per heavy atom. The zero-order valence-electron chi connectivity index (χ0n) is 12.3. The lowest BCUT2D eigenvalue weighted by Gasteiger charge is -2.11. The van der Waals surface area contributed by atoms with Gasteiger partial charge in [0.15, 0.2) is 0 Å². The van der Waals surface area contributed by atoms with Gasteiger partial charge in [0, 0.05) is 5.02 Å². The SMILES string of the molecule is CNCc1oc(COc2c(C)cc(Cl)cc2C)cc1C. The number of benzene rings is 1. The average Bonchev–Trinajstić information content (AvgIpc) is 2.69. The highest BCUT2D eigenvalue weighted by molar-refractivity contribution is 6.30. The van der Waals surface area contributed by atoms with Gasteiger partial charge in [-0.3, -0.25) is 0 Å². The first kappa shape index (κ1) is 14.9. The molecule has 4 heteroatoms. The molecule has 0 aliphatic heterocycles. The number of hydrogen-bond acceptors (Lipinski definition) is 3. The Hall–Kier alpha value is -1.45. The third kappa shape index (κ3) is 3.35. The van der Waals surface area contributed by atoms with E-state index < -0.39 is 0 Å². The molecule has 0 radical (unpaired) electrons. The molecule has 0 spiro atoms. The summed E-state index contributed by atoms with van der Waals surface area (Å²) in [6.07, 6.45) is 0. The van der Waals surface area contributed by atoms with Crippen molar-refractivity contribution in [3.63, 3.8) is 0 Å². The molecule has 0 saturated carbocycles. The van der Waals surface area contributed by atoms with Crippen LogP contribution in [0.25, 0.3) is 0 Å². The average molecular weight is 294 g/mol. The van der Waals surface area contributed by atoms with Crippen molar-refractivity contribution in [3.05, 3.63) is 51.4 Å². The van der Waals surface area contributed by atoms with Crippen LogP contribution < -0.4 is 10.1 Å². The van der Waals surface area contributed by atoms with E-state index in [-0.39, 0.29) is 0 Å². The summed E-state index contributed by atoms with van der Waals surface area (Å²) in [6.45, 7) is 7.18. The molecule has 0 saturated heterocycles. The lowest BCUT2D eigenvalue weighted by molar-refractivity contribution is 0.262. The molecule has 1 heterocycles. The van der Waals surface area contributed by atoms with E-state index in [1.807, 2.05) is 46.0 Å². The second-order valence-corrected chi connectivity index (χ2v) is 5.44. The molecule has 108 valence electrons. The number of ether oxygens (including phenoxy) is 1. The van der Waals surface area contributed by atoms with Crippen LogP contribution in [-0.2, 0) is 13.2 Å². The van der Waals surface area contributed by atoms with Crippen molar-refractivity contribution in [1.29, 1.82) is 0 Å². The van der Waals surface area contributed by atoms with Gasteiger partial charge in [0.05, 0.1) is 6.54 Å². The highest BCUT2D eigenvalue weighted by Gasteiger charge is 2.10. The topological polar surface area (TPSA) is 34.4 Å². The number of nitrogens with one attached hydrogen (secondary N) is 1. The van der Waals surface area contributed by atoms with Crippen LogP contribution in [0.1, 0.15) is 28.2 Å². The third-order valence-corrected chi connectivity index (χ3v) is 3.41. The van der Waals surface area contributed by atoms with Crippen molar-refractivity contribution in [1.82, 2.24) is 5.32 Å². The minimum atomic E-state index is 0.424. The van der Waals surface area contributed by atoms with Crippen molar-refractivity contribution in [2.75, 3.05) is 7.05 Å². The first-order chi connectivity index (χ1) is 9.51. The van der Waals surface area contributed by atoms with Crippen molar-refractivity contribution in [2.24, 2.45) is 0 Å². The molecule has 2 aromatic rings. The fraction of sp³-hybridized carbons (Fsp3) is 0.375. The van der Waals surface area contributed by atoms with E-state index in [2.05, 4.69) is 5.32 Å². The first-order valence-electron chi connectivity index (χ1n) is 6.63. The van der Waals surface area contributed by atoms with Crippen LogP contribution in [0.4, 0.5) is 0 Å². The highest BCUT2D eigenvalue weighted by Crippen LogP contribution is 2.28. The van der Waals surface area contributed by atoms with E-state index in [0.29, 0.717) is 6.61 Å². The number of furan rings is 1. The van der Waals surface area contributed by atoms with Crippen LogP contribution in [0, 0.1) is 20.8 Å². The summed E-state index contributed by atoms with van der Waals surface area (Å²) in [5.74, 6) is 2.66. The second-order valence-electron chi connectivity index (χ2n) is 5.01. The molecule has 20 heavy (non-hydrogen) atoms. The lowest BCUT2D eigenvalue weighted by atomic mass is 10.1. The molecule has 0 atom stereocenters. The first-order valence-corrected chi connectivity index (χ1v) is 7.01. The van der Waals surface area contributed by atoms with Gasteiger partial charge in [0.2, 0.25) is 0 Å². The molecule has 1 aromatic carbocycles. The number of hydrogen-bond donors (Lipinski definition) is 1. The maximum atomic E-state index is 6.02. The van der Waals surface area contributed by atoms with Crippen molar-refractivity contribution < 1.29 is 9.15 Å². The number of aryl methyl sites for hydroxylation is 3. The second kappa shape index (κ2) is 6.33. The maximum absolute atomic E-state index is 6.02. The molecule has 0 amide bonds. The number of halogens is 1. The summed E-state index contributed by atoms with van der Waals surface area (Å²) in [4.78, 5) is 0. The van der Waals surface area contributed by atoms with E-state index in [1.165, 1.54) is 0 Å². The summed E-state index contributed by atoms with van der Waals surface area (Å²) >= 11 is 6.02. The van der Waals surface area contributed by atoms with Gasteiger partial charge < -0.3 is 14.5 Å². The normalized spacial score (nSPS) is 10.8. The van der Waals surface area contributed by atoms with Gasteiger partial charge in [-0.05, 0) is 62.7 Å². The Bertz CT molecular complexity index is 582. The van der Waals surface area contributed by atoms with E-state index in [1.54, 1.807) is 0 Å². The van der Waals surface area contributed by atoms with Gasteiger partial charge in [-0.15, -0.1) is 0 Å². The molecular formula is C16H20ClNO2. The summed E-state index contributed by atoms with van der Waals surface area (Å²) in [6, 6.07) is 5.83.